The molecule has 108 valence electrons. The Balaban J connectivity index is 2.27. The highest BCUT2D eigenvalue weighted by molar-refractivity contribution is 9.10. The van der Waals surface area contributed by atoms with Crippen molar-refractivity contribution in [3.05, 3.63) is 67.9 Å². The lowest BCUT2D eigenvalue weighted by molar-refractivity contribution is -0.385. The zero-order valence-corrected chi connectivity index (χ0v) is 12.5. The fourth-order valence-electron chi connectivity index (χ4n) is 1.76. The quantitative estimate of drug-likeness (QED) is 0.668. The third-order valence-corrected chi connectivity index (χ3v) is 3.33. The van der Waals surface area contributed by atoms with Gasteiger partial charge in [-0.3, -0.25) is 14.9 Å². The van der Waals surface area contributed by atoms with E-state index in [4.69, 9.17) is 0 Å². The van der Waals surface area contributed by atoms with Crippen LogP contribution in [0.4, 0.5) is 15.8 Å². The topological polar surface area (TPSA) is 72.2 Å². The Bertz CT molecular complexity index is 734. The highest BCUT2D eigenvalue weighted by Crippen LogP contribution is 2.23. The van der Waals surface area contributed by atoms with Crippen LogP contribution in [0.2, 0.25) is 0 Å². The van der Waals surface area contributed by atoms with Gasteiger partial charge in [-0.05, 0) is 31.2 Å². The predicted octanol–water partition coefficient (Wildman–Crippen LogP) is 4.06. The third kappa shape index (κ3) is 3.43. The summed E-state index contributed by atoms with van der Waals surface area (Å²) < 4.78 is 14.2. The van der Waals surface area contributed by atoms with Gasteiger partial charge in [0.15, 0.2) is 0 Å². The number of benzene rings is 2. The molecule has 5 nitrogen and oxygen atoms in total. The Morgan fingerprint density at radius 2 is 2.00 bits per heavy atom. The molecular formula is C14H10BrFN2O3. The van der Waals surface area contributed by atoms with Crippen LogP contribution in [-0.4, -0.2) is 10.8 Å². The van der Waals surface area contributed by atoms with Gasteiger partial charge in [0, 0.05) is 21.8 Å². The monoisotopic (exact) mass is 352 g/mol. The minimum atomic E-state index is -0.677. The van der Waals surface area contributed by atoms with Gasteiger partial charge in [-0.25, -0.2) is 4.39 Å². The summed E-state index contributed by atoms with van der Waals surface area (Å²) in [6.45, 7) is 1.60. The van der Waals surface area contributed by atoms with Gasteiger partial charge in [-0.2, -0.15) is 0 Å². The van der Waals surface area contributed by atoms with Crippen LogP contribution in [0.3, 0.4) is 0 Å². The van der Waals surface area contributed by atoms with Crippen LogP contribution >= 0.6 is 15.9 Å². The zero-order valence-electron chi connectivity index (χ0n) is 10.9. The molecular weight excluding hydrogens is 343 g/mol. The molecule has 0 spiro atoms. The maximum Gasteiger partial charge on any atom is 0.274 e. The van der Waals surface area contributed by atoms with Crippen molar-refractivity contribution < 1.29 is 14.1 Å². The molecule has 0 radical (unpaired) electrons. The third-order valence-electron chi connectivity index (χ3n) is 2.84. The second-order valence-corrected chi connectivity index (χ2v) is 5.25. The van der Waals surface area contributed by atoms with Crippen molar-refractivity contribution in [3.8, 4) is 0 Å². The number of carbonyl (C=O) groups excluding carboxylic acids is 1. The number of nitrogens with one attached hydrogen (secondary N) is 1. The number of nitro benzene ring substituents is 1. The molecule has 0 atom stereocenters. The number of rotatable bonds is 3. The molecule has 2 aromatic rings. The minimum Gasteiger partial charge on any atom is -0.322 e. The first kappa shape index (κ1) is 15.1. The number of carbonyl (C=O) groups is 1. The molecule has 2 aromatic carbocycles. The Morgan fingerprint density at radius 3 is 2.62 bits per heavy atom. The molecule has 0 saturated carbocycles. The van der Waals surface area contributed by atoms with Crippen LogP contribution in [-0.2, 0) is 0 Å². The summed E-state index contributed by atoms with van der Waals surface area (Å²) in [7, 11) is 0. The van der Waals surface area contributed by atoms with E-state index in [1.807, 2.05) is 0 Å². The van der Waals surface area contributed by atoms with E-state index in [2.05, 4.69) is 21.2 Å². The Hall–Kier alpha value is -2.28. The Morgan fingerprint density at radius 1 is 1.29 bits per heavy atom. The Kier molecular flexibility index (Phi) is 4.32. The molecule has 1 amide bonds. The molecule has 0 aliphatic rings. The Labute approximate surface area is 128 Å². The summed E-state index contributed by atoms with van der Waals surface area (Å²) in [4.78, 5) is 22.3. The maximum atomic E-state index is 13.7. The van der Waals surface area contributed by atoms with Crippen LogP contribution < -0.4 is 5.32 Å². The van der Waals surface area contributed by atoms with Gasteiger partial charge in [-0.15, -0.1) is 0 Å². The number of aryl methyl sites for hydroxylation is 1. The first-order valence-electron chi connectivity index (χ1n) is 5.90. The first-order chi connectivity index (χ1) is 9.88. The van der Waals surface area contributed by atoms with E-state index in [1.54, 1.807) is 6.92 Å². The van der Waals surface area contributed by atoms with E-state index >= 15 is 0 Å². The van der Waals surface area contributed by atoms with Crippen LogP contribution in [0.1, 0.15) is 15.9 Å². The van der Waals surface area contributed by atoms with Gasteiger partial charge in [0.05, 0.1) is 10.5 Å². The number of hydrogen-bond acceptors (Lipinski definition) is 3. The van der Waals surface area contributed by atoms with Crippen molar-refractivity contribution in [1.29, 1.82) is 0 Å². The van der Waals surface area contributed by atoms with Gasteiger partial charge >= 0.3 is 0 Å². The van der Waals surface area contributed by atoms with E-state index in [9.17, 15) is 19.3 Å². The molecule has 1 N–H and O–H groups in total. The zero-order chi connectivity index (χ0) is 15.6. The lowest BCUT2D eigenvalue weighted by Gasteiger charge is -2.07. The van der Waals surface area contributed by atoms with Crippen molar-refractivity contribution in [2.24, 2.45) is 0 Å². The highest BCUT2D eigenvalue weighted by atomic mass is 79.9. The molecule has 0 aliphatic carbocycles. The normalized spacial score (nSPS) is 10.2. The number of anilines is 1. The van der Waals surface area contributed by atoms with Gasteiger partial charge in [0.2, 0.25) is 0 Å². The second kappa shape index (κ2) is 6.01. The lowest BCUT2D eigenvalue weighted by Crippen LogP contribution is -2.14. The number of nitro groups is 1. The van der Waals surface area contributed by atoms with Gasteiger partial charge in [0.25, 0.3) is 11.6 Å². The molecule has 0 aromatic heterocycles. The first-order valence-corrected chi connectivity index (χ1v) is 6.69. The number of nitrogens with zero attached hydrogens (tertiary/aromatic N) is 1. The second-order valence-electron chi connectivity index (χ2n) is 4.34. The number of amides is 1. The van der Waals surface area contributed by atoms with Gasteiger partial charge in [0.1, 0.15) is 5.82 Å². The van der Waals surface area contributed by atoms with Gasteiger partial charge < -0.3 is 5.32 Å². The summed E-state index contributed by atoms with van der Waals surface area (Å²) in [6.07, 6.45) is 0. The average molecular weight is 353 g/mol. The average Bonchev–Trinajstić information content (AvgIpc) is 2.40. The number of hydrogen-bond donors (Lipinski definition) is 1. The number of halogens is 2. The molecule has 7 heteroatoms. The standard InChI is InChI=1S/C14H10BrFN2O3/c1-8-2-4-10(7-13(8)18(20)21)17-14(19)11-5-3-9(15)6-12(11)16/h2-7H,1H3,(H,17,19). The molecule has 0 aliphatic heterocycles. The molecule has 0 bridgehead atoms. The van der Waals surface area contributed by atoms with Crippen LogP contribution in [0, 0.1) is 22.9 Å². The van der Waals surface area contributed by atoms with E-state index in [1.165, 1.54) is 36.4 Å². The lowest BCUT2D eigenvalue weighted by atomic mass is 10.1. The summed E-state index contributed by atoms with van der Waals surface area (Å²) in [5.41, 5.74) is 0.470. The van der Waals surface area contributed by atoms with Crippen molar-refractivity contribution in [3.63, 3.8) is 0 Å². The molecule has 2 rings (SSSR count). The summed E-state index contributed by atoms with van der Waals surface area (Å²) >= 11 is 3.10. The molecule has 0 heterocycles. The fraction of sp³-hybridized carbons (Fsp3) is 0.0714. The maximum absolute atomic E-state index is 13.7. The largest absolute Gasteiger partial charge is 0.322 e. The van der Waals surface area contributed by atoms with E-state index in [0.717, 1.165) is 0 Å². The van der Waals surface area contributed by atoms with Crippen LogP contribution in [0.5, 0.6) is 0 Å². The minimum absolute atomic E-state index is 0.107. The summed E-state index contributed by atoms with van der Waals surface area (Å²) in [5, 5.41) is 13.3. The fourth-order valence-corrected chi connectivity index (χ4v) is 2.09. The van der Waals surface area contributed by atoms with Crippen LogP contribution in [0.25, 0.3) is 0 Å². The van der Waals surface area contributed by atoms with Crippen molar-refractivity contribution in [2.75, 3.05) is 5.32 Å². The summed E-state index contributed by atoms with van der Waals surface area (Å²) in [6, 6.07) is 8.33. The predicted molar refractivity (Wildman–Crippen MR) is 79.9 cm³/mol. The molecule has 21 heavy (non-hydrogen) atoms. The molecule has 0 unspecified atom stereocenters. The SMILES string of the molecule is Cc1ccc(NC(=O)c2ccc(Br)cc2F)cc1[N+](=O)[O-]. The van der Waals surface area contributed by atoms with E-state index in [0.29, 0.717) is 10.0 Å². The van der Waals surface area contributed by atoms with Crippen molar-refractivity contribution in [1.82, 2.24) is 0 Å². The van der Waals surface area contributed by atoms with Crippen LogP contribution in [0.15, 0.2) is 40.9 Å². The molecule has 0 fully saturated rings. The van der Waals surface area contributed by atoms with Gasteiger partial charge in [-0.1, -0.05) is 22.0 Å². The van der Waals surface area contributed by atoms with Crippen molar-refractivity contribution >= 4 is 33.2 Å². The van der Waals surface area contributed by atoms with Crippen molar-refractivity contribution in [2.45, 2.75) is 6.92 Å². The van der Waals surface area contributed by atoms with E-state index < -0.39 is 16.6 Å². The smallest absolute Gasteiger partial charge is 0.274 e. The van der Waals surface area contributed by atoms with E-state index in [-0.39, 0.29) is 16.9 Å². The summed E-state index contributed by atoms with van der Waals surface area (Å²) in [5.74, 6) is -1.35. The molecule has 0 saturated heterocycles. The highest BCUT2D eigenvalue weighted by Gasteiger charge is 2.15.